The molecule has 0 aliphatic heterocycles. The number of hydrogen-bond acceptors (Lipinski definition) is 2. The first-order chi connectivity index (χ1) is 9.08. The van der Waals surface area contributed by atoms with Crippen molar-refractivity contribution in [1.29, 1.82) is 0 Å². The van der Waals surface area contributed by atoms with Crippen LogP contribution in [0.3, 0.4) is 0 Å². The number of halogens is 3. The summed E-state index contributed by atoms with van der Waals surface area (Å²) < 4.78 is 66.3. The molecular weight excluding hydrogens is 291 g/mol. The summed E-state index contributed by atoms with van der Waals surface area (Å²) in [7, 11) is -4.15. The van der Waals surface area contributed by atoms with Gasteiger partial charge in [-0.05, 0) is 31.4 Å². The summed E-state index contributed by atoms with van der Waals surface area (Å²) in [6, 6.07) is 1.81. The number of nitrogens with one attached hydrogen (secondary N) is 1. The minimum absolute atomic E-state index is 0.112. The predicted molar refractivity (Wildman–Crippen MR) is 70.9 cm³/mol. The van der Waals surface area contributed by atoms with Crippen molar-refractivity contribution in [3.8, 4) is 0 Å². The van der Waals surface area contributed by atoms with Gasteiger partial charge in [-0.2, -0.15) is 0 Å². The van der Waals surface area contributed by atoms with E-state index >= 15 is 0 Å². The standard InChI is InChI=1S/C13H18F3NO2S/c1-7(2)9-5-6-10(12(14)11(9)13(15)16)20(18,19)17-8(3)4/h5-8,13,17H,1-4H3. The van der Waals surface area contributed by atoms with Gasteiger partial charge in [0.2, 0.25) is 10.0 Å². The Bertz CT molecular complexity index is 584. The first-order valence-corrected chi connectivity index (χ1v) is 7.69. The van der Waals surface area contributed by atoms with Crippen LogP contribution in [0.4, 0.5) is 13.2 Å². The molecule has 0 amide bonds. The molecule has 0 fully saturated rings. The Morgan fingerprint density at radius 1 is 1.10 bits per heavy atom. The summed E-state index contributed by atoms with van der Waals surface area (Å²) >= 11 is 0. The molecule has 0 radical (unpaired) electrons. The number of rotatable bonds is 5. The molecule has 0 aliphatic rings. The van der Waals surface area contributed by atoms with E-state index < -0.39 is 38.8 Å². The molecular formula is C13H18F3NO2S. The van der Waals surface area contributed by atoms with Crippen molar-refractivity contribution in [3.05, 3.63) is 29.1 Å². The normalized spacial score (nSPS) is 12.7. The quantitative estimate of drug-likeness (QED) is 0.903. The van der Waals surface area contributed by atoms with Crippen LogP contribution in [0.25, 0.3) is 0 Å². The fourth-order valence-electron chi connectivity index (χ4n) is 1.89. The predicted octanol–water partition coefficient (Wildman–Crippen LogP) is 3.57. The van der Waals surface area contributed by atoms with Gasteiger partial charge in [0.25, 0.3) is 6.43 Å². The second kappa shape index (κ2) is 6.13. The van der Waals surface area contributed by atoms with E-state index in [0.717, 1.165) is 6.07 Å². The Kier molecular flexibility index (Phi) is 5.21. The van der Waals surface area contributed by atoms with Gasteiger partial charge in [0.05, 0.1) is 5.56 Å². The first kappa shape index (κ1) is 17.0. The van der Waals surface area contributed by atoms with Crippen LogP contribution in [-0.2, 0) is 10.0 Å². The van der Waals surface area contributed by atoms with E-state index in [1.54, 1.807) is 27.7 Å². The molecule has 0 saturated carbocycles. The van der Waals surface area contributed by atoms with Gasteiger partial charge in [0.1, 0.15) is 4.90 Å². The van der Waals surface area contributed by atoms with Crippen LogP contribution in [0.5, 0.6) is 0 Å². The van der Waals surface area contributed by atoms with Crippen molar-refractivity contribution in [1.82, 2.24) is 4.72 Å². The minimum Gasteiger partial charge on any atom is -0.209 e. The minimum atomic E-state index is -4.15. The molecule has 1 aromatic rings. The SMILES string of the molecule is CC(C)NS(=O)(=O)c1ccc(C(C)C)c(C(F)F)c1F. The average molecular weight is 309 g/mol. The topological polar surface area (TPSA) is 46.2 Å². The van der Waals surface area contributed by atoms with Gasteiger partial charge >= 0.3 is 0 Å². The smallest absolute Gasteiger partial charge is 0.209 e. The maximum absolute atomic E-state index is 14.2. The lowest BCUT2D eigenvalue weighted by atomic mass is 9.97. The van der Waals surface area contributed by atoms with Crippen molar-refractivity contribution in [2.45, 2.75) is 51.0 Å². The van der Waals surface area contributed by atoms with Crippen LogP contribution in [0, 0.1) is 5.82 Å². The van der Waals surface area contributed by atoms with E-state index in [1.807, 2.05) is 0 Å². The van der Waals surface area contributed by atoms with Crippen LogP contribution in [0.15, 0.2) is 17.0 Å². The van der Waals surface area contributed by atoms with Gasteiger partial charge < -0.3 is 0 Å². The van der Waals surface area contributed by atoms with Gasteiger partial charge in [-0.1, -0.05) is 19.9 Å². The van der Waals surface area contributed by atoms with Crippen LogP contribution < -0.4 is 4.72 Å². The third-order valence-electron chi connectivity index (χ3n) is 2.70. The lowest BCUT2D eigenvalue weighted by Crippen LogP contribution is -2.31. The van der Waals surface area contributed by atoms with E-state index in [0.29, 0.717) is 0 Å². The molecule has 1 N–H and O–H groups in total. The van der Waals surface area contributed by atoms with E-state index in [-0.39, 0.29) is 11.5 Å². The summed E-state index contributed by atoms with van der Waals surface area (Å²) in [6.07, 6.45) is -3.07. The fraction of sp³-hybridized carbons (Fsp3) is 0.538. The zero-order chi connectivity index (χ0) is 15.7. The summed E-state index contributed by atoms with van der Waals surface area (Å²) in [5.41, 5.74) is -0.729. The van der Waals surface area contributed by atoms with Crippen molar-refractivity contribution in [2.24, 2.45) is 0 Å². The van der Waals surface area contributed by atoms with E-state index in [4.69, 9.17) is 0 Å². The second-order valence-corrected chi connectivity index (χ2v) is 6.79. The molecule has 20 heavy (non-hydrogen) atoms. The number of alkyl halides is 2. The van der Waals surface area contributed by atoms with Gasteiger partial charge in [0.15, 0.2) is 5.82 Å². The number of hydrogen-bond donors (Lipinski definition) is 1. The van der Waals surface area contributed by atoms with Gasteiger partial charge in [-0.3, -0.25) is 0 Å². The zero-order valence-electron chi connectivity index (χ0n) is 11.7. The molecule has 0 unspecified atom stereocenters. The molecule has 7 heteroatoms. The second-order valence-electron chi connectivity index (χ2n) is 5.11. The Morgan fingerprint density at radius 2 is 1.65 bits per heavy atom. The molecule has 0 atom stereocenters. The Labute approximate surface area is 117 Å². The molecule has 0 spiro atoms. The van der Waals surface area contributed by atoms with Crippen molar-refractivity contribution in [2.75, 3.05) is 0 Å². The fourth-order valence-corrected chi connectivity index (χ4v) is 3.24. The highest BCUT2D eigenvalue weighted by Gasteiger charge is 2.28. The van der Waals surface area contributed by atoms with Crippen LogP contribution in [0.1, 0.15) is 51.2 Å². The summed E-state index contributed by atoms with van der Waals surface area (Å²) in [5, 5.41) is 0. The summed E-state index contributed by atoms with van der Waals surface area (Å²) in [6.45, 7) is 6.40. The molecule has 1 aromatic carbocycles. The van der Waals surface area contributed by atoms with Crippen LogP contribution in [0.2, 0.25) is 0 Å². The summed E-state index contributed by atoms with van der Waals surface area (Å²) in [4.78, 5) is -0.745. The molecule has 0 aliphatic carbocycles. The molecule has 114 valence electrons. The van der Waals surface area contributed by atoms with Crippen molar-refractivity contribution in [3.63, 3.8) is 0 Å². The monoisotopic (exact) mass is 309 g/mol. The lowest BCUT2D eigenvalue weighted by molar-refractivity contribution is 0.144. The lowest BCUT2D eigenvalue weighted by Gasteiger charge is -2.17. The Morgan fingerprint density at radius 3 is 2.05 bits per heavy atom. The van der Waals surface area contributed by atoms with Gasteiger partial charge in [-0.25, -0.2) is 26.3 Å². The molecule has 0 bridgehead atoms. The van der Waals surface area contributed by atoms with Gasteiger partial charge in [-0.15, -0.1) is 0 Å². The third-order valence-corrected chi connectivity index (χ3v) is 4.37. The van der Waals surface area contributed by atoms with E-state index in [9.17, 15) is 21.6 Å². The maximum atomic E-state index is 14.2. The number of sulfonamides is 1. The van der Waals surface area contributed by atoms with Crippen LogP contribution in [-0.4, -0.2) is 14.5 Å². The third kappa shape index (κ3) is 3.52. The van der Waals surface area contributed by atoms with Gasteiger partial charge in [0, 0.05) is 6.04 Å². The highest BCUT2D eigenvalue weighted by molar-refractivity contribution is 7.89. The first-order valence-electron chi connectivity index (χ1n) is 6.20. The largest absolute Gasteiger partial charge is 0.266 e. The highest BCUT2D eigenvalue weighted by atomic mass is 32.2. The van der Waals surface area contributed by atoms with E-state index in [2.05, 4.69) is 4.72 Å². The van der Waals surface area contributed by atoms with Crippen molar-refractivity contribution < 1.29 is 21.6 Å². The molecule has 0 aromatic heterocycles. The Hall–Kier alpha value is -1.08. The Balaban J connectivity index is 3.50. The average Bonchev–Trinajstić information content (AvgIpc) is 2.25. The number of benzene rings is 1. The van der Waals surface area contributed by atoms with Crippen molar-refractivity contribution >= 4 is 10.0 Å². The molecule has 1 rings (SSSR count). The maximum Gasteiger partial charge on any atom is 0.266 e. The van der Waals surface area contributed by atoms with E-state index in [1.165, 1.54) is 6.07 Å². The highest BCUT2D eigenvalue weighted by Crippen LogP contribution is 2.33. The zero-order valence-corrected chi connectivity index (χ0v) is 12.6. The molecule has 3 nitrogen and oxygen atoms in total. The summed E-state index contributed by atoms with van der Waals surface area (Å²) in [5.74, 6) is -1.71. The van der Waals surface area contributed by atoms with Crippen LogP contribution >= 0.6 is 0 Å². The molecule has 0 saturated heterocycles. The molecule has 0 heterocycles.